The second kappa shape index (κ2) is 4.97. The van der Waals surface area contributed by atoms with Crippen LogP contribution in [-0.2, 0) is 4.74 Å². The number of hydrogen-bond donors (Lipinski definition) is 1. The molecule has 1 aromatic rings. The van der Waals surface area contributed by atoms with Gasteiger partial charge in [-0.2, -0.15) is 5.10 Å². The fraction of sp³-hybridized carbons (Fsp3) is 0.750. The van der Waals surface area contributed by atoms with E-state index in [0.29, 0.717) is 12.0 Å². The molecule has 2 heterocycles. The zero-order valence-corrected chi connectivity index (χ0v) is 10.3. The van der Waals surface area contributed by atoms with Crippen molar-refractivity contribution in [3.8, 4) is 0 Å². The van der Waals surface area contributed by atoms with Gasteiger partial charge >= 0.3 is 0 Å². The number of rotatable bonds is 4. The summed E-state index contributed by atoms with van der Waals surface area (Å²) in [4.78, 5) is 0. The lowest BCUT2D eigenvalue weighted by atomic mass is 9.97. The van der Waals surface area contributed by atoms with Crippen LogP contribution in [0.5, 0.6) is 0 Å². The highest BCUT2D eigenvalue weighted by molar-refractivity contribution is 5.11. The Kier molecular flexibility index (Phi) is 3.61. The lowest BCUT2D eigenvalue weighted by Crippen LogP contribution is -2.21. The van der Waals surface area contributed by atoms with Crippen LogP contribution in [-0.4, -0.2) is 30.0 Å². The molecule has 1 saturated heterocycles. The lowest BCUT2D eigenvalue weighted by Gasteiger charge is -2.16. The predicted molar refractivity (Wildman–Crippen MR) is 63.3 cm³/mol. The smallest absolute Gasteiger partial charge is 0.0896 e. The number of aromatic nitrogens is 2. The summed E-state index contributed by atoms with van der Waals surface area (Å²) < 4.78 is 7.80. The average molecular weight is 223 g/mol. The van der Waals surface area contributed by atoms with Gasteiger partial charge in [0.25, 0.3) is 0 Å². The van der Waals surface area contributed by atoms with E-state index < -0.39 is 0 Å². The summed E-state index contributed by atoms with van der Waals surface area (Å²) in [5.41, 5.74) is 1.21. The molecule has 4 heteroatoms. The molecular formula is C12H21N3O. The summed E-state index contributed by atoms with van der Waals surface area (Å²) in [5.74, 6) is 0.579. The van der Waals surface area contributed by atoms with Gasteiger partial charge in [0, 0.05) is 36.9 Å². The molecule has 1 aliphatic rings. The average Bonchev–Trinajstić information content (AvgIpc) is 2.84. The topological polar surface area (TPSA) is 39.1 Å². The van der Waals surface area contributed by atoms with Gasteiger partial charge in [0.05, 0.1) is 12.3 Å². The van der Waals surface area contributed by atoms with Gasteiger partial charge in [0.15, 0.2) is 0 Å². The van der Waals surface area contributed by atoms with E-state index in [9.17, 15) is 0 Å². The Morgan fingerprint density at radius 3 is 3.06 bits per heavy atom. The van der Waals surface area contributed by atoms with Gasteiger partial charge < -0.3 is 10.1 Å². The Hall–Kier alpha value is -0.870. The van der Waals surface area contributed by atoms with Crippen LogP contribution in [0, 0.1) is 5.92 Å². The van der Waals surface area contributed by atoms with Crippen LogP contribution in [0.25, 0.3) is 0 Å². The van der Waals surface area contributed by atoms with Crippen LogP contribution in [0.15, 0.2) is 12.4 Å². The first-order valence-electron chi connectivity index (χ1n) is 6.02. The maximum atomic E-state index is 5.80. The Labute approximate surface area is 97.0 Å². The molecule has 1 aromatic heterocycles. The predicted octanol–water partition coefficient (Wildman–Crippen LogP) is 1.76. The molecule has 0 radical (unpaired) electrons. The van der Waals surface area contributed by atoms with E-state index in [2.05, 4.69) is 30.5 Å². The summed E-state index contributed by atoms with van der Waals surface area (Å²) in [6, 6.07) is 0.415. The molecule has 2 rings (SSSR count). The van der Waals surface area contributed by atoms with Crippen molar-refractivity contribution in [3.63, 3.8) is 0 Å². The van der Waals surface area contributed by atoms with Crippen molar-refractivity contribution >= 4 is 0 Å². The molecule has 0 spiro atoms. The highest BCUT2D eigenvalue weighted by Crippen LogP contribution is 2.33. The van der Waals surface area contributed by atoms with E-state index in [1.54, 1.807) is 0 Å². The highest BCUT2D eigenvalue weighted by Gasteiger charge is 2.30. The quantitative estimate of drug-likeness (QED) is 0.845. The highest BCUT2D eigenvalue weighted by atomic mass is 16.5. The maximum Gasteiger partial charge on any atom is 0.0896 e. The van der Waals surface area contributed by atoms with Gasteiger partial charge in [-0.15, -0.1) is 0 Å². The van der Waals surface area contributed by atoms with Gasteiger partial charge in [0.2, 0.25) is 0 Å². The van der Waals surface area contributed by atoms with Crippen molar-refractivity contribution in [1.29, 1.82) is 0 Å². The molecule has 1 N–H and O–H groups in total. The molecule has 0 aromatic carbocycles. The Bertz CT molecular complexity index is 335. The van der Waals surface area contributed by atoms with Crippen molar-refractivity contribution < 1.29 is 4.74 Å². The van der Waals surface area contributed by atoms with E-state index >= 15 is 0 Å². The van der Waals surface area contributed by atoms with Gasteiger partial charge in [-0.3, -0.25) is 4.68 Å². The Morgan fingerprint density at radius 2 is 2.44 bits per heavy atom. The van der Waals surface area contributed by atoms with Crippen molar-refractivity contribution in [3.05, 3.63) is 18.0 Å². The summed E-state index contributed by atoms with van der Waals surface area (Å²) >= 11 is 0. The van der Waals surface area contributed by atoms with Crippen molar-refractivity contribution in [2.24, 2.45) is 5.92 Å². The number of nitrogens with zero attached hydrogens (tertiary/aromatic N) is 2. The molecule has 2 unspecified atom stereocenters. The largest absolute Gasteiger partial charge is 0.373 e. The standard InChI is InChI=1S/C12H21N3O/c1-9(2)15-8-11(7-14-15)12-10(6-13-3)4-5-16-12/h7-10,12-13H,4-6H2,1-3H3. The molecule has 1 fully saturated rings. The number of ether oxygens (including phenoxy) is 1. The second-order valence-corrected chi connectivity index (χ2v) is 4.75. The first-order chi connectivity index (χ1) is 7.72. The van der Waals surface area contributed by atoms with Crippen molar-refractivity contribution in [1.82, 2.24) is 15.1 Å². The maximum absolute atomic E-state index is 5.80. The first-order valence-corrected chi connectivity index (χ1v) is 6.02. The van der Waals surface area contributed by atoms with E-state index in [1.807, 2.05) is 17.9 Å². The SMILES string of the molecule is CNCC1CCOC1c1cnn(C(C)C)c1. The summed E-state index contributed by atoms with van der Waals surface area (Å²) in [5, 5.41) is 7.60. The molecule has 16 heavy (non-hydrogen) atoms. The van der Waals surface area contributed by atoms with Gasteiger partial charge in [0.1, 0.15) is 0 Å². The zero-order valence-electron chi connectivity index (χ0n) is 10.3. The summed E-state index contributed by atoms with van der Waals surface area (Å²) in [7, 11) is 1.99. The van der Waals surface area contributed by atoms with Crippen LogP contribution < -0.4 is 5.32 Å². The minimum Gasteiger partial charge on any atom is -0.373 e. The van der Waals surface area contributed by atoms with Gasteiger partial charge in [-0.25, -0.2) is 0 Å². The molecule has 0 bridgehead atoms. The van der Waals surface area contributed by atoms with Gasteiger partial charge in [-0.1, -0.05) is 0 Å². The normalized spacial score (nSPS) is 25.5. The van der Waals surface area contributed by atoms with Crippen LogP contribution in [0.1, 0.15) is 38.0 Å². The molecule has 4 nitrogen and oxygen atoms in total. The fourth-order valence-corrected chi connectivity index (χ4v) is 2.26. The van der Waals surface area contributed by atoms with Crippen LogP contribution in [0.4, 0.5) is 0 Å². The Morgan fingerprint density at radius 1 is 1.62 bits per heavy atom. The van der Waals surface area contributed by atoms with E-state index in [0.717, 1.165) is 19.6 Å². The van der Waals surface area contributed by atoms with Crippen LogP contribution >= 0.6 is 0 Å². The van der Waals surface area contributed by atoms with E-state index in [-0.39, 0.29) is 6.10 Å². The molecule has 0 amide bonds. The molecular weight excluding hydrogens is 202 g/mol. The minimum atomic E-state index is 0.222. The third-order valence-corrected chi connectivity index (χ3v) is 3.16. The lowest BCUT2D eigenvalue weighted by molar-refractivity contribution is 0.0909. The molecule has 1 aliphatic heterocycles. The monoisotopic (exact) mass is 223 g/mol. The van der Waals surface area contributed by atoms with Crippen LogP contribution in [0.2, 0.25) is 0 Å². The van der Waals surface area contributed by atoms with Crippen LogP contribution in [0.3, 0.4) is 0 Å². The third kappa shape index (κ3) is 2.28. The summed E-state index contributed by atoms with van der Waals surface area (Å²) in [6.45, 7) is 6.15. The molecule has 2 atom stereocenters. The van der Waals surface area contributed by atoms with Crippen molar-refractivity contribution in [2.75, 3.05) is 20.2 Å². The molecule has 0 aliphatic carbocycles. The molecule has 0 saturated carbocycles. The van der Waals surface area contributed by atoms with E-state index in [4.69, 9.17) is 4.74 Å². The summed E-state index contributed by atoms with van der Waals surface area (Å²) in [6.07, 6.45) is 5.42. The van der Waals surface area contributed by atoms with Gasteiger partial charge in [-0.05, 0) is 27.3 Å². The molecule has 90 valence electrons. The van der Waals surface area contributed by atoms with E-state index in [1.165, 1.54) is 5.56 Å². The number of nitrogens with one attached hydrogen (secondary N) is 1. The zero-order chi connectivity index (χ0) is 11.5. The first kappa shape index (κ1) is 11.6. The Balaban J connectivity index is 2.10. The number of hydrogen-bond acceptors (Lipinski definition) is 3. The second-order valence-electron chi connectivity index (χ2n) is 4.75. The third-order valence-electron chi connectivity index (χ3n) is 3.16. The van der Waals surface area contributed by atoms with Crippen molar-refractivity contribution in [2.45, 2.75) is 32.4 Å². The minimum absolute atomic E-state index is 0.222. The fourth-order valence-electron chi connectivity index (χ4n) is 2.26.